The minimum Gasteiger partial charge on any atom is -0.497 e. The molecule has 0 aliphatic carbocycles. The quantitative estimate of drug-likeness (QED) is 0.463. The molecule has 1 fully saturated rings. The van der Waals surface area contributed by atoms with Crippen LogP contribution < -0.4 is 20.1 Å². The summed E-state index contributed by atoms with van der Waals surface area (Å²) in [5.74, 6) is 1.28. The van der Waals surface area contributed by atoms with Crippen molar-refractivity contribution in [2.24, 2.45) is 4.99 Å². The van der Waals surface area contributed by atoms with Gasteiger partial charge >= 0.3 is 6.61 Å². The number of hydrogen-bond donors (Lipinski definition) is 2. The van der Waals surface area contributed by atoms with Crippen molar-refractivity contribution in [3.8, 4) is 11.5 Å². The van der Waals surface area contributed by atoms with Crippen molar-refractivity contribution >= 4 is 5.96 Å². The highest BCUT2D eigenvalue weighted by atomic mass is 19.3. The van der Waals surface area contributed by atoms with Gasteiger partial charge in [0.05, 0.1) is 13.7 Å². The number of aliphatic imine (C=N–C) groups is 1. The monoisotopic (exact) mass is 400 g/mol. The van der Waals surface area contributed by atoms with E-state index in [0.29, 0.717) is 29.9 Å². The van der Waals surface area contributed by atoms with Crippen LogP contribution >= 0.6 is 0 Å². The van der Waals surface area contributed by atoms with Gasteiger partial charge in [-0.1, -0.05) is 0 Å². The maximum Gasteiger partial charge on any atom is 0.387 e. The third-order valence-electron chi connectivity index (χ3n) is 4.74. The van der Waals surface area contributed by atoms with Crippen LogP contribution in [0.3, 0.4) is 0 Å². The van der Waals surface area contributed by atoms with Gasteiger partial charge in [0.1, 0.15) is 11.5 Å². The average molecular weight is 400 g/mol. The SMILES string of the molecule is CN=C(NCc1cc(OC)ccc1OC(F)F)NCC1CCCN1CCOC. The Morgan fingerprint density at radius 1 is 1.32 bits per heavy atom. The normalized spacial score (nSPS) is 17.8. The van der Waals surface area contributed by atoms with Gasteiger partial charge in [-0.3, -0.25) is 9.89 Å². The molecule has 28 heavy (non-hydrogen) atoms. The molecule has 2 rings (SSSR count). The number of likely N-dealkylation sites (tertiary alicyclic amines) is 1. The lowest BCUT2D eigenvalue weighted by Crippen LogP contribution is -2.45. The molecule has 2 N–H and O–H groups in total. The summed E-state index contributed by atoms with van der Waals surface area (Å²) in [6.07, 6.45) is 2.29. The first-order valence-corrected chi connectivity index (χ1v) is 9.36. The summed E-state index contributed by atoms with van der Waals surface area (Å²) in [6.45, 7) is 0.836. The summed E-state index contributed by atoms with van der Waals surface area (Å²) < 4.78 is 40.2. The van der Waals surface area contributed by atoms with Gasteiger partial charge in [-0.15, -0.1) is 0 Å². The molecule has 1 aromatic carbocycles. The van der Waals surface area contributed by atoms with E-state index < -0.39 is 6.61 Å². The summed E-state index contributed by atoms with van der Waals surface area (Å²) in [6, 6.07) is 5.15. The molecule has 0 bridgehead atoms. The fraction of sp³-hybridized carbons (Fsp3) is 0.632. The van der Waals surface area contributed by atoms with Crippen LogP contribution in [0, 0.1) is 0 Å². The minimum absolute atomic E-state index is 0.111. The Morgan fingerprint density at radius 2 is 2.14 bits per heavy atom. The first-order valence-electron chi connectivity index (χ1n) is 9.36. The highest BCUT2D eigenvalue weighted by molar-refractivity contribution is 5.79. The lowest BCUT2D eigenvalue weighted by Gasteiger charge is -2.25. The molecule has 0 saturated carbocycles. The third-order valence-corrected chi connectivity index (χ3v) is 4.74. The van der Waals surface area contributed by atoms with E-state index in [9.17, 15) is 8.78 Å². The third kappa shape index (κ3) is 6.79. The van der Waals surface area contributed by atoms with E-state index in [1.54, 1.807) is 26.3 Å². The number of alkyl halides is 2. The summed E-state index contributed by atoms with van der Waals surface area (Å²) in [5, 5.41) is 6.46. The van der Waals surface area contributed by atoms with Crippen molar-refractivity contribution in [2.75, 3.05) is 47.5 Å². The van der Waals surface area contributed by atoms with Gasteiger partial charge in [0.25, 0.3) is 0 Å². The molecule has 1 aromatic rings. The molecule has 0 aromatic heterocycles. The van der Waals surface area contributed by atoms with E-state index in [-0.39, 0.29) is 12.3 Å². The number of rotatable bonds is 10. The number of guanidine groups is 1. The maximum absolute atomic E-state index is 12.6. The number of methoxy groups -OCH3 is 2. The van der Waals surface area contributed by atoms with Crippen molar-refractivity contribution in [2.45, 2.75) is 32.0 Å². The number of nitrogens with one attached hydrogen (secondary N) is 2. The fourth-order valence-electron chi connectivity index (χ4n) is 3.28. The van der Waals surface area contributed by atoms with E-state index in [4.69, 9.17) is 9.47 Å². The largest absolute Gasteiger partial charge is 0.497 e. The lowest BCUT2D eigenvalue weighted by atomic mass is 10.2. The Kier molecular flexibility index (Phi) is 9.22. The molecule has 0 amide bonds. The van der Waals surface area contributed by atoms with Gasteiger partial charge in [-0.2, -0.15) is 8.78 Å². The molecule has 1 saturated heterocycles. The van der Waals surface area contributed by atoms with E-state index in [1.165, 1.54) is 19.6 Å². The topological polar surface area (TPSA) is 67.4 Å². The summed E-state index contributed by atoms with van der Waals surface area (Å²) in [7, 11) is 4.91. The molecular formula is C19H30F2N4O3. The van der Waals surface area contributed by atoms with Gasteiger partial charge in [0, 0.05) is 45.4 Å². The number of hydrogen-bond acceptors (Lipinski definition) is 5. The van der Waals surface area contributed by atoms with Gasteiger partial charge in [0.15, 0.2) is 5.96 Å². The molecular weight excluding hydrogens is 370 g/mol. The highest BCUT2D eigenvalue weighted by Gasteiger charge is 2.24. The van der Waals surface area contributed by atoms with Crippen LogP contribution in [0.2, 0.25) is 0 Å². The number of halogens is 2. The number of benzene rings is 1. The van der Waals surface area contributed by atoms with Crippen LogP contribution in [0.5, 0.6) is 11.5 Å². The highest BCUT2D eigenvalue weighted by Crippen LogP contribution is 2.25. The Hall–Kier alpha value is -2.13. The van der Waals surface area contributed by atoms with Crippen LogP contribution in [-0.2, 0) is 11.3 Å². The van der Waals surface area contributed by atoms with Crippen molar-refractivity contribution in [3.63, 3.8) is 0 Å². The Labute approximate surface area is 165 Å². The van der Waals surface area contributed by atoms with Crippen LogP contribution in [0.15, 0.2) is 23.2 Å². The smallest absolute Gasteiger partial charge is 0.387 e. The fourth-order valence-corrected chi connectivity index (χ4v) is 3.28. The number of ether oxygens (including phenoxy) is 3. The molecule has 1 atom stereocenters. The standard InChI is InChI=1S/C19H30F2N4O3/c1-22-19(24-13-15-5-4-8-25(15)9-10-26-2)23-12-14-11-16(27-3)6-7-17(14)28-18(20)21/h6-7,11,15,18H,4-5,8-10,12-13H2,1-3H3,(H2,22,23,24). The molecule has 1 aliphatic heterocycles. The van der Waals surface area contributed by atoms with Gasteiger partial charge in [0.2, 0.25) is 0 Å². The summed E-state index contributed by atoms with van der Waals surface area (Å²) >= 11 is 0. The molecule has 158 valence electrons. The molecule has 1 heterocycles. The Morgan fingerprint density at radius 3 is 2.82 bits per heavy atom. The first kappa shape index (κ1) is 22.2. The van der Waals surface area contributed by atoms with Crippen LogP contribution in [0.1, 0.15) is 18.4 Å². The second-order valence-corrected chi connectivity index (χ2v) is 6.48. The zero-order chi connectivity index (χ0) is 20.4. The van der Waals surface area contributed by atoms with E-state index in [2.05, 4.69) is 25.3 Å². The molecule has 7 nitrogen and oxygen atoms in total. The average Bonchev–Trinajstić information content (AvgIpc) is 3.14. The van der Waals surface area contributed by atoms with E-state index >= 15 is 0 Å². The predicted octanol–water partition coefficient (Wildman–Crippen LogP) is 2.07. The Balaban J connectivity index is 1.91. The predicted molar refractivity (Wildman–Crippen MR) is 104 cm³/mol. The lowest BCUT2D eigenvalue weighted by molar-refractivity contribution is -0.0504. The van der Waals surface area contributed by atoms with Crippen molar-refractivity contribution in [3.05, 3.63) is 23.8 Å². The second-order valence-electron chi connectivity index (χ2n) is 6.48. The first-order chi connectivity index (χ1) is 13.6. The molecule has 1 aliphatic rings. The van der Waals surface area contributed by atoms with Crippen molar-refractivity contribution < 1.29 is 23.0 Å². The van der Waals surface area contributed by atoms with Gasteiger partial charge in [-0.25, -0.2) is 0 Å². The number of nitrogens with zero attached hydrogens (tertiary/aromatic N) is 2. The van der Waals surface area contributed by atoms with E-state index in [0.717, 1.165) is 26.1 Å². The van der Waals surface area contributed by atoms with Crippen molar-refractivity contribution in [1.82, 2.24) is 15.5 Å². The molecule has 0 spiro atoms. The van der Waals surface area contributed by atoms with Gasteiger partial charge < -0.3 is 24.8 Å². The second kappa shape index (κ2) is 11.7. The zero-order valence-electron chi connectivity index (χ0n) is 16.7. The summed E-state index contributed by atoms with van der Waals surface area (Å²) in [4.78, 5) is 6.62. The van der Waals surface area contributed by atoms with Crippen LogP contribution in [0.4, 0.5) is 8.78 Å². The summed E-state index contributed by atoms with van der Waals surface area (Å²) in [5.41, 5.74) is 0.560. The van der Waals surface area contributed by atoms with Crippen LogP contribution in [-0.4, -0.2) is 71.0 Å². The maximum atomic E-state index is 12.6. The van der Waals surface area contributed by atoms with E-state index in [1.807, 2.05) is 0 Å². The molecule has 0 radical (unpaired) electrons. The van der Waals surface area contributed by atoms with Crippen molar-refractivity contribution in [1.29, 1.82) is 0 Å². The Bertz CT molecular complexity index is 631. The zero-order valence-corrected chi connectivity index (χ0v) is 16.7. The molecule has 1 unspecified atom stereocenters. The minimum atomic E-state index is -2.88. The van der Waals surface area contributed by atoms with Gasteiger partial charge in [-0.05, 0) is 37.6 Å². The molecule has 9 heteroatoms. The van der Waals surface area contributed by atoms with Crippen LogP contribution in [0.25, 0.3) is 0 Å².